The molecule has 1 aliphatic rings. The molecule has 7 nitrogen and oxygen atoms in total. The molecule has 9 heteroatoms. The van der Waals surface area contributed by atoms with Gasteiger partial charge in [0.05, 0.1) is 6.61 Å². The quantitative estimate of drug-likeness (QED) is 0.512. The number of nitrogens with zero attached hydrogens (tertiary/aromatic N) is 1. The fraction of sp³-hybridized carbons (Fsp3) is 0.600. The highest BCUT2D eigenvalue weighted by Gasteiger charge is 2.52. The van der Waals surface area contributed by atoms with E-state index in [2.05, 4.69) is 4.98 Å². The summed E-state index contributed by atoms with van der Waals surface area (Å²) in [6.45, 7) is 1.09. The van der Waals surface area contributed by atoms with Crippen LogP contribution in [-0.2, 0) is 10.5 Å². The summed E-state index contributed by atoms with van der Waals surface area (Å²) in [6.07, 6.45) is -2.03. The Kier molecular flexibility index (Phi) is 4.93. The lowest BCUT2D eigenvalue weighted by Gasteiger charge is -2.30. The summed E-state index contributed by atoms with van der Waals surface area (Å²) in [6, 6.07) is 1.23. The van der Waals surface area contributed by atoms with Crippen molar-refractivity contribution in [3.8, 4) is 0 Å². The van der Waals surface area contributed by atoms with Gasteiger partial charge in [-0.15, -0.1) is 0 Å². The van der Waals surface area contributed by atoms with Crippen LogP contribution >= 0.6 is 25.7 Å². The molecular weight excluding hydrogens is 292 g/mol. The molecule has 0 aliphatic carbocycles. The van der Waals surface area contributed by atoms with E-state index in [1.54, 1.807) is 0 Å². The van der Waals surface area contributed by atoms with E-state index < -0.39 is 30.6 Å². The van der Waals surface area contributed by atoms with Crippen molar-refractivity contribution in [2.45, 2.75) is 31.0 Å². The molecule has 2 rings (SSSR count). The van der Waals surface area contributed by atoms with Crippen LogP contribution in [0.2, 0.25) is 0 Å². The lowest BCUT2D eigenvalue weighted by Crippen LogP contribution is -2.44. The molecule has 1 fully saturated rings. The Bertz CT molecular complexity index is 559. The summed E-state index contributed by atoms with van der Waals surface area (Å²) in [4.78, 5) is 13.5. The van der Waals surface area contributed by atoms with Crippen molar-refractivity contribution < 1.29 is 20.1 Å². The summed E-state index contributed by atoms with van der Waals surface area (Å²) in [5.74, 6) is 0. The van der Waals surface area contributed by atoms with Crippen molar-refractivity contribution in [2.24, 2.45) is 0 Å². The smallest absolute Gasteiger partial charge is 0.251 e. The second-order valence-corrected chi connectivity index (χ2v) is 4.70. The molecule has 4 N–H and O–H groups in total. The Morgan fingerprint density at radius 2 is 2.21 bits per heavy atom. The largest absolute Gasteiger partial charge is 0.394 e. The molecule has 0 saturated carbocycles. The molecule has 0 radical (unpaired) electrons. The summed E-state index contributed by atoms with van der Waals surface area (Å²) in [7, 11) is 0. The number of hydrogen-bond acceptors (Lipinski definition) is 6. The molecule has 0 unspecified atom stereocenters. The standard InChI is InChI=1S/C10H14N2O5S.H2S/c1-10(8(16)7(15)5(4-13)17-10)12-3-2-6(14)11-9(12)18;/h2-3,5,7-8,13,15-16H,4H2,1H3,(H,11,14,18);1H2/t5-,7-,8-,10-;/m1./s1. The summed E-state index contributed by atoms with van der Waals surface area (Å²) in [5, 5.41) is 28.8. The minimum Gasteiger partial charge on any atom is -0.394 e. The highest BCUT2D eigenvalue weighted by atomic mass is 32.1. The number of H-pyrrole nitrogens is 1. The molecule has 1 aliphatic heterocycles. The first-order valence-electron chi connectivity index (χ1n) is 5.37. The predicted octanol–water partition coefficient (Wildman–Crippen LogP) is -1.20. The fourth-order valence-corrected chi connectivity index (χ4v) is 2.42. The van der Waals surface area contributed by atoms with E-state index in [1.165, 1.54) is 23.8 Å². The zero-order valence-corrected chi connectivity index (χ0v) is 11.9. The molecule has 1 aromatic rings. The van der Waals surface area contributed by atoms with Crippen LogP contribution in [0.25, 0.3) is 0 Å². The van der Waals surface area contributed by atoms with Gasteiger partial charge in [-0.2, -0.15) is 13.5 Å². The van der Waals surface area contributed by atoms with E-state index in [1.807, 2.05) is 0 Å². The Morgan fingerprint density at radius 1 is 1.58 bits per heavy atom. The van der Waals surface area contributed by atoms with Crippen LogP contribution in [0.15, 0.2) is 17.1 Å². The Morgan fingerprint density at radius 3 is 2.68 bits per heavy atom. The van der Waals surface area contributed by atoms with Crippen LogP contribution in [0.4, 0.5) is 0 Å². The van der Waals surface area contributed by atoms with Gasteiger partial charge in [0.25, 0.3) is 5.56 Å². The molecule has 4 atom stereocenters. The number of aromatic nitrogens is 2. The van der Waals surface area contributed by atoms with Crippen LogP contribution in [0.3, 0.4) is 0 Å². The topological polar surface area (TPSA) is 108 Å². The Labute approximate surface area is 120 Å². The van der Waals surface area contributed by atoms with Crippen LogP contribution < -0.4 is 5.56 Å². The molecule has 19 heavy (non-hydrogen) atoms. The third-order valence-electron chi connectivity index (χ3n) is 3.13. The predicted molar refractivity (Wildman–Crippen MR) is 73.9 cm³/mol. The van der Waals surface area contributed by atoms with Gasteiger partial charge in [-0.1, -0.05) is 0 Å². The molecular formula is C10H16N2O5S2. The van der Waals surface area contributed by atoms with E-state index in [0.717, 1.165) is 0 Å². The maximum Gasteiger partial charge on any atom is 0.251 e. The normalized spacial score (nSPS) is 34.0. The first-order chi connectivity index (χ1) is 8.40. The Balaban J connectivity index is 0.00000180. The third kappa shape index (κ3) is 2.62. The second kappa shape index (κ2) is 5.73. The maximum absolute atomic E-state index is 11.1. The van der Waals surface area contributed by atoms with Crippen molar-refractivity contribution in [3.63, 3.8) is 0 Å². The van der Waals surface area contributed by atoms with Crippen molar-refractivity contribution in [1.29, 1.82) is 0 Å². The molecule has 0 aromatic carbocycles. The van der Waals surface area contributed by atoms with Crippen molar-refractivity contribution >= 4 is 25.7 Å². The highest BCUT2D eigenvalue weighted by Crippen LogP contribution is 2.34. The molecule has 108 valence electrons. The monoisotopic (exact) mass is 308 g/mol. The first kappa shape index (κ1) is 16.3. The molecule has 1 aromatic heterocycles. The van der Waals surface area contributed by atoms with Gasteiger partial charge >= 0.3 is 0 Å². The van der Waals surface area contributed by atoms with E-state index in [0.29, 0.717) is 0 Å². The van der Waals surface area contributed by atoms with Gasteiger partial charge in [-0.3, -0.25) is 14.3 Å². The van der Waals surface area contributed by atoms with Gasteiger partial charge in [0.2, 0.25) is 0 Å². The van der Waals surface area contributed by atoms with Crippen molar-refractivity contribution in [1.82, 2.24) is 9.55 Å². The number of ether oxygens (including phenoxy) is 1. The van der Waals surface area contributed by atoms with E-state index in [9.17, 15) is 15.0 Å². The SMILES string of the molecule is C[C@@]1(n2ccc(=O)[nH]c2=S)O[C@H](CO)[C@@H](O)[C@H]1O.S. The van der Waals surface area contributed by atoms with Gasteiger partial charge in [0.1, 0.15) is 18.3 Å². The average Bonchev–Trinajstić information content (AvgIpc) is 2.54. The number of rotatable bonds is 2. The van der Waals surface area contributed by atoms with Crippen molar-refractivity contribution in [3.05, 3.63) is 27.4 Å². The number of hydrogen-bond donors (Lipinski definition) is 4. The summed E-state index contributed by atoms with van der Waals surface area (Å²) < 4.78 is 6.86. The molecule has 2 heterocycles. The van der Waals surface area contributed by atoms with Gasteiger partial charge in [0, 0.05) is 12.3 Å². The maximum atomic E-state index is 11.1. The van der Waals surface area contributed by atoms with Gasteiger partial charge in [-0.25, -0.2) is 0 Å². The number of aliphatic hydroxyl groups excluding tert-OH is 3. The van der Waals surface area contributed by atoms with Crippen LogP contribution in [-0.4, -0.2) is 49.8 Å². The second-order valence-electron chi connectivity index (χ2n) is 4.31. The number of aromatic amines is 1. The minimum atomic E-state index is -1.34. The average molecular weight is 308 g/mol. The first-order valence-corrected chi connectivity index (χ1v) is 5.78. The van der Waals surface area contributed by atoms with Gasteiger partial charge < -0.3 is 20.1 Å². The van der Waals surface area contributed by atoms with Gasteiger partial charge in [0.15, 0.2) is 10.5 Å². The zero-order chi connectivity index (χ0) is 13.5. The zero-order valence-electron chi connectivity index (χ0n) is 10.1. The van der Waals surface area contributed by atoms with Crippen LogP contribution in [0.5, 0.6) is 0 Å². The molecule has 0 amide bonds. The van der Waals surface area contributed by atoms with E-state index in [4.69, 9.17) is 22.1 Å². The van der Waals surface area contributed by atoms with E-state index >= 15 is 0 Å². The summed E-state index contributed by atoms with van der Waals surface area (Å²) >= 11 is 4.99. The van der Waals surface area contributed by atoms with Crippen molar-refractivity contribution in [2.75, 3.05) is 6.61 Å². The minimum absolute atomic E-state index is 0. The summed E-state index contributed by atoms with van der Waals surface area (Å²) in [5.41, 5.74) is -1.71. The lowest BCUT2D eigenvalue weighted by molar-refractivity contribution is -0.136. The fourth-order valence-electron chi connectivity index (χ4n) is 2.08. The molecule has 0 spiro atoms. The number of nitrogens with one attached hydrogen (secondary N) is 1. The van der Waals surface area contributed by atoms with Crippen LogP contribution in [0, 0.1) is 4.77 Å². The molecule has 1 saturated heterocycles. The molecule has 0 bridgehead atoms. The number of aliphatic hydroxyl groups is 3. The highest BCUT2D eigenvalue weighted by molar-refractivity contribution is 7.71. The Hall–Kier alpha value is -0.710. The van der Waals surface area contributed by atoms with E-state index in [-0.39, 0.29) is 23.8 Å². The third-order valence-corrected chi connectivity index (χ3v) is 3.42. The van der Waals surface area contributed by atoms with Crippen LogP contribution in [0.1, 0.15) is 6.92 Å². The van der Waals surface area contributed by atoms with Gasteiger partial charge in [-0.05, 0) is 19.1 Å². The lowest BCUT2D eigenvalue weighted by atomic mass is 10.0.